The predicted molar refractivity (Wildman–Crippen MR) is 74.5 cm³/mol. The van der Waals surface area contributed by atoms with E-state index in [0.29, 0.717) is 12.0 Å². The van der Waals surface area contributed by atoms with Gasteiger partial charge in [0.2, 0.25) is 0 Å². The van der Waals surface area contributed by atoms with Crippen LogP contribution in [0.3, 0.4) is 0 Å². The molecule has 0 bridgehead atoms. The molecular weight excluding hydrogens is 249 g/mol. The molecule has 0 heterocycles. The van der Waals surface area contributed by atoms with Crippen molar-refractivity contribution in [3.05, 3.63) is 34.6 Å². The Morgan fingerprint density at radius 2 is 2.22 bits per heavy atom. The van der Waals surface area contributed by atoms with Gasteiger partial charge < -0.3 is 5.32 Å². The van der Waals surface area contributed by atoms with Gasteiger partial charge >= 0.3 is 0 Å². The molecule has 0 amide bonds. The summed E-state index contributed by atoms with van der Waals surface area (Å²) in [7, 11) is 1.99. The maximum absolute atomic E-state index is 13.4. The second kappa shape index (κ2) is 6.03. The molecule has 0 saturated heterocycles. The Kier molecular flexibility index (Phi) is 4.63. The largest absolute Gasteiger partial charge is 0.316 e. The molecule has 1 aliphatic carbocycles. The summed E-state index contributed by atoms with van der Waals surface area (Å²) in [4.78, 5) is 0. The molecule has 1 saturated carbocycles. The SMILES string of the molecule is CNC(Cc1cccc(F)c1Cl)C1CCCC1C. The molecule has 3 unspecified atom stereocenters. The lowest BCUT2D eigenvalue weighted by atomic mass is 9.86. The van der Waals surface area contributed by atoms with E-state index in [1.165, 1.54) is 25.3 Å². The van der Waals surface area contributed by atoms with Crippen LogP contribution in [0.15, 0.2) is 18.2 Å². The van der Waals surface area contributed by atoms with Crippen LogP contribution in [0.2, 0.25) is 5.02 Å². The van der Waals surface area contributed by atoms with E-state index in [1.54, 1.807) is 6.07 Å². The molecule has 1 N–H and O–H groups in total. The Balaban J connectivity index is 2.12. The first-order valence-electron chi connectivity index (χ1n) is 6.73. The fourth-order valence-corrected chi connectivity index (χ4v) is 3.39. The molecule has 3 heteroatoms. The van der Waals surface area contributed by atoms with E-state index >= 15 is 0 Å². The minimum absolute atomic E-state index is 0.281. The normalized spacial score (nSPS) is 25.3. The predicted octanol–water partition coefficient (Wildman–Crippen LogP) is 4.05. The Morgan fingerprint density at radius 1 is 1.44 bits per heavy atom. The van der Waals surface area contributed by atoms with Crippen molar-refractivity contribution >= 4 is 11.6 Å². The molecule has 0 spiro atoms. The number of benzene rings is 1. The zero-order valence-corrected chi connectivity index (χ0v) is 11.8. The van der Waals surface area contributed by atoms with Crippen molar-refractivity contribution in [3.63, 3.8) is 0 Å². The maximum Gasteiger partial charge on any atom is 0.142 e. The second-order valence-electron chi connectivity index (χ2n) is 5.38. The molecule has 0 aliphatic heterocycles. The quantitative estimate of drug-likeness (QED) is 0.870. The molecule has 18 heavy (non-hydrogen) atoms. The highest BCUT2D eigenvalue weighted by Crippen LogP contribution is 2.35. The maximum atomic E-state index is 13.4. The van der Waals surface area contributed by atoms with E-state index in [2.05, 4.69) is 12.2 Å². The van der Waals surface area contributed by atoms with Crippen molar-refractivity contribution in [3.8, 4) is 0 Å². The standard InChI is InChI=1S/C15H21ClFN/c1-10-5-3-7-12(10)14(18-2)9-11-6-4-8-13(17)15(11)16/h4,6,8,10,12,14,18H,3,5,7,9H2,1-2H3. The lowest BCUT2D eigenvalue weighted by Gasteiger charge is -2.27. The van der Waals surface area contributed by atoms with Gasteiger partial charge in [0.25, 0.3) is 0 Å². The highest BCUT2D eigenvalue weighted by atomic mass is 35.5. The fourth-order valence-electron chi connectivity index (χ4n) is 3.18. The number of likely N-dealkylation sites (N-methyl/N-ethyl adjacent to an activating group) is 1. The van der Waals surface area contributed by atoms with Crippen molar-refractivity contribution < 1.29 is 4.39 Å². The molecule has 1 aliphatic rings. The summed E-state index contributed by atoms with van der Waals surface area (Å²) < 4.78 is 13.4. The molecule has 2 rings (SSSR count). The summed E-state index contributed by atoms with van der Waals surface area (Å²) in [5.74, 6) is 1.10. The topological polar surface area (TPSA) is 12.0 Å². The first kappa shape index (κ1) is 13.8. The van der Waals surface area contributed by atoms with Crippen LogP contribution in [0.1, 0.15) is 31.7 Å². The zero-order valence-electron chi connectivity index (χ0n) is 11.0. The molecule has 3 atom stereocenters. The van der Waals surface area contributed by atoms with Crippen molar-refractivity contribution in [1.29, 1.82) is 0 Å². The summed E-state index contributed by atoms with van der Waals surface area (Å²) >= 11 is 6.03. The van der Waals surface area contributed by atoms with Gasteiger partial charge in [-0.05, 0) is 43.4 Å². The number of hydrogen-bond acceptors (Lipinski definition) is 1. The van der Waals surface area contributed by atoms with Gasteiger partial charge in [0, 0.05) is 6.04 Å². The van der Waals surface area contributed by atoms with Crippen molar-refractivity contribution in [2.24, 2.45) is 11.8 Å². The molecule has 1 aromatic rings. The van der Waals surface area contributed by atoms with Gasteiger partial charge in [-0.15, -0.1) is 0 Å². The van der Waals surface area contributed by atoms with Gasteiger partial charge in [-0.3, -0.25) is 0 Å². The average molecular weight is 270 g/mol. The molecule has 1 nitrogen and oxygen atoms in total. The Morgan fingerprint density at radius 3 is 2.83 bits per heavy atom. The van der Waals surface area contributed by atoms with Crippen molar-refractivity contribution in [1.82, 2.24) is 5.32 Å². The fraction of sp³-hybridized carbons (Fsp3) is 0.600. The van der Waals surface area contributed by atoms with Crippen LogP contribution in [0.25, 0.3) is 0 Å². The van der Waals surface area contributed by atoms with Gasteiger partial charge in [-0.1, -0.05) is 43.5 Å². The van der Waals surface area contributed by atoms with Crippen LogP contribution in [0, 0.1) is 17.7 Å². The van der Waals surface area contributed by atoms with Crippen LogP contribution in [-0.2, 0) is 6.42 Å². The first-order chi connectivity index (χ1) is 8.63. The minimum Gasteiger partial charge on any atom is -0.316 e. The summed E-state index contributed by atoms with van der Waals surface area (Å²) in [5.41, 5.74) is 0.912. The number of halogens is 2. The third-order valence-corrected chi connectivity index (χ3v) is 4.71. The van der Waals surface area contributed by atoms with Crippen LogP contribution in [0.5, 0.6) is 0 Å². The molecule has 0 aromatic heterocycles. The third kappa shape index (κ3) is 2.86. The molecule has 100 valence electrons. The van der Waals surface area contributed by atoms with Crippen molar-refractivity contribution in [2.45, 2.75) is 38.6 Å². The van der Waals surface area contributed by atoms with E-state index < -0.39 is 0 Å². The zero-order chi connectivity index (χ0) is 13.1. The summed E-state index contributed by atoms with van der Waals surface area (Å²) in [6, 6.07) is 5.47. The van der Waals surface area contributed by atoms with Gasteiger partial charge in [-0.2, -0.15) is 0 Å². The van der Waals surface area contributed by atoms with Crippen LogP contribution < -0.4 is 5.32 Å². The number of hydrogen-bond donors (Lipinski definition) is 1. The van der Waals surface area contributed by atoms with Crippen LogP contribution in [-0.4, -0.2) is 13.1 Å². The van der Waals surface area contributed by atoms with Gasteiger partial charge in [0.1, 0.15) is 5.82 Å². The second-order valence-corrected chi connectivity index (χ2v) is 5.76. The van der Waals surface area contributed by atoms with Gasteiger partial charge in [-0.25, -0.2) is 4.39 Å². The Hall–Kier alpha value is -0.600. The number of rotatable bonds is 4. The van der Waals surface area contributed by atoms with Crippen LogP contribution in [0.4, 0.5) is 4.39 Å². The monoisotopic (exact) mass is 269 g/mol. The summed E-state index contributed by atoms with van der Waals surface area (Å²) in [6.45, 7) is 2.31. The third-order valence-electron chi connectivity index (χ3n) is 4.29. The molecule has 1 fully saturated rings. The van der Waals surface area contributed by atoms with Crippen molar-refractivity contribution in [2.75, 3.05) is 7.05 Å². The Bertz CT molecular complexity index is 407. The van der Waals surface area contributed by atoms with Gasteiger partial charge in [0.15, 0.2) is 0 Å². The average Bonchev–Trinajstić information content (AvgIpc) is 2.77. The van der Waals surface area contributed by atoms with E-state index in [9.17, 15) is 4.39 Å². The van der Waals surface area contributed by atoms with Gasteiger partial charge in [0.05, 0.1) is 5.02 Å². The van der Waals surface area contributed by atoms with E-state index in [-0.39, 0.29) is 10.8 Å². The Labute approximate surface area is 114 Å². The lowest BCUT2D eigenvalue weighted by molar-refractivity contribution is 0.308. The van der Waals surface area contributed by atoms with Crippen LogP contribution >= 0.6 is 11.6 Å². The highest BCUT2D eigenvalue weighted by molar-refractivity contribution is 6.31. The highest BCUT2D eigenvalue weighted by Gasteiger charge is 2.30. The number of nitrogens with one attached hydrogen (secondary N) is 1. The van der Waals surface area contributed by atoms with E-state index in [4.69, 9.17) is 11.6 Å². The minimum atomic E-state index is -0.316. The molecular formula is C15H21ClFN. The first-order valence-corrected chi connectivity index (χ1v) is 7.11. The van der Waals surface area contributed by atoms with E-state index in [1.807, 2.05) is 13.1 Å². The smallest absolute Gasteiger partial charge is 0.142 e. The lowest BCUT2D eigenvalue weighted by Crippen LogP contribution is -2.37. The summed E-state index contributed by atoms with van der Waals surface area (Å²) in [5, 5.41) is 3.67. The van der Waals surface area contributed by atoms with E-state index in [0.717, 1.165) is 17.9 Å². The summed E-state index contributed by atoms with van der Waals surface area (Å²) in [6.07, 6.45) is 4.68. The molecule has 1 aromatic carbocycles. The molecule has 0 radical (unpaired) electrons.